The van der Waals surface area contributed by atoms with Gasteiger partial charge in [-0.1, -0.05) is 12.2 Å². The van der Waals surface area contributed by atoms with E-state index < -0.39 is 0 Å². The average Bonchev–Trinajstić information content (AvgIpc) is 2.76. The van der Waals surface area contributed by atoms with Crippen LogP contribution in [0.2, 0.25) is 0 Å². The molecular weight excluding hydrogens is 174 g/mol. The summed E-state index contributed by atoms with van der Waals surface area (Å²) in [6, 6.07) is 1.29. The number of ether oxygens (including phenoxy) is 1. The van der Waals surface area contributed by atoms with E-state index in [0.29, 0.717) is 18.2 Å². The molecule has 1 fully saturated rings. The van der Waals surface area contributed by atoms with Gasteiger partial charge in [0.15, 0.2) is 0 Å². The van der Waals surface area contributed by atoms with Gasteiger partial charge in [-0.25, -0.2) is 0 Å². The highest BCUT2D eigenvalue weighted by Crippen LogP contribution is 2.18. The number of hydrogen-bond donors (Lipinski definition) is 1. The van der Waals surface area contributed by atoms with Gasteiger partial charge >= 0.3 is 0 Å². The Morgan fingerprint density at radius 1 is 1.43 bits per heavy atom. The van der Waals surface area contributed by atoms with E-state index >= 15 is 0 Å². The Bertz CT molecular complexity index is 184. The summed E-state index contributed by atoms with van der Waals surface area (Å²) in [6.45, 7) is 3.25. The van der Waals surface area contributed by atoms with E-state index in [2.05, 4.69) is 24.4 Å². The van der Waals surface area contributed by atoms with Crippen molar-refractivity contribution in [2.75, 3.05) is 6.61 Å². The van der Waals surface area contributed by atoms with E-state index in [4.69, 9.17) is 4.74 Å². The first-order valence-electron chi connectivity index (χ1n) is 5.87. The van der Waals surface area contributed by atoms with Crippen molar-refractivity contribution in [1.82, 2.24) is 5.32 Å². The monoisotopic (exact) mass is 195 g/mol. The first-order valence-corrected chi connectivity index (χ1v) is 5.87. The number of hydrogen-bond acceptors (Lipinski definition) is 2. The number of rotatable bonds is 4. The Morgan fingerprint density at radius 3 is 2.86 bits per heavy atom. The van der Waals surface area contributed by atoms with Gasteiger partial charge in [0.05, 0.1) is 6.10 Å². The van der Waals surface area contributed by atoms with Gasteiger partial charge in [0.2, 0.25) is 0 Å². The summed E-state index contributed by atoms with van der Waals surface area (Å²) in [4.78, 5) is 0. The summed E-state index contributed by atoms with van der Waals surface area (Å²) >= 11 is 0. The zero-order chi connectivity index (χ0) is 9.80. The third-order valence-corrected chi connectivity index (χ3v) is 3.17. The predicted octanol–water partition coefficient (Wildman–Crippen LogP) is 2.25. The molecule has 80 valence electrons. The minimum atomic E-state index is 0.520. The van der Waals surface area contributed by atoms with Crippen molar-refractivity contribution in [2.24, 2.45) is 0 Å². The van der Waals surface area contributed by atoms with E-state index in [-0.39, 0.29) is 0 Å². The molecule has 1 saturated heterocycles. The smallest absolute Gasteiger partial charge is 0.0590 e. The molecule has 2 aliphatic rings. The standard InChI is InChI=1S/C12H21NO/c1-10(9-12-7-4-8-14-12)13-11-5-2-3-6-11/h2-3,10-13H,4-9H2,1H3. The van der Waals surface area contributed by atoms with Gasteiger partial charge in [-0.2, -0.15) is 0 Å². The lowest BCUT2D eigenvalue weighted by Gasteiger charge is -2.21. The Labute approximate surface area is 86.7 Å². The minimum Gasteiger partial charge on any atom is -0.378 e. The molecule has 2 nitrogen and oxygen atoms in total. The van der Waals surface area contributed by atoms with Gasteiger partial charge in [0.25, 0.3) is 0 Å². The summed E-state index contributed by atoms with van der Waals surface area (Å²) in [7, 11) is 0. The molecule has 1 aliphatic carbocycles. The van der Waals surface area contributed by atoms with Crippen molar-refractivity contribution in [3.63, 3.8) is 0 Å². The van der Waals surface area contributed by atoms with Crippen LogP contribution in [0.5, 0.6) is 0 Å². The molecule has 14 heavy (non-hydrogen) atoms. The third kappa shape index (κ3) is 2.82. The van der Waals surface area contributed by atoms with Crippen molar-refractivity contribution >= 4 is 0 Å². The normalized spacial score (nSPS) is 29.9. The SMILES string of the molecule is CC(CC1CCCO1)NC1CC=CC1. The number of nitrogens with one attached hydrogen (secondary N) is 1. The van der Waals surface area contributed by atoms with Crippen LogP contribution in [0.15, 0.2) is 12.2 Å². The largest absolute Gasteiger partial charge is 0.378 e. The first-order chi connectivity index (χ1) is 6.84. The van der Waals surface area contributed by atoms with Crippen LogP contribution < -0.4 is 5.32 Å². The van der Waals surface area contributed by atoms with Gasteiger partial charge in [-0.05, 0) is 39.0 Å². The van der Waals surface area contributed by atoms with Crippen molar-refractivity contribution < 1.29 is 4.74 Å². The van der Waals surface area contributed by atoms with Crippen molar-refractivity contribution in [1.29, 1.82) is 0 Å². The lowest BCUT2D eigenvalue weighted by molar-refractivity contribution is 0.0951. The summed E-state index contributed by atoms with van der Waals surface area (Å²) < 4.78 is 5.63. The predicted molar refractivity (Wildman–Crippen MR) is 58.4 cm³/mol. The molecule has 2 heteroatoms. The zero-order valence-electron chi connectivity index (χ0n) is 9.04. The summed E-state index contributed by atoms with van der Waals surface area (Å²) in [6.07, 6.45) is 11.2. The van der Waals surface area contributed by atoms with Crippen LogP contribution in [0.4, 0.5) is 0 Å². The fourth-order valence-electron chi connectivity index (χ4n) is 2.45. The van der Waals surface area contributed by atoms with Gasteiger partial charge in [-0.15, -0.1) is 0 Å². The summed E-state index contributed by atoms with van der Waals surface area (Å²) in [5.41, 5.74) is 0. The Morgan fingerprint density at radius 2 is 2.21 bits per heavy atom. The third-order valence-electron chi connectivity index (χ3n) is 3.17. The lowest BCUT2D eigenvalue weighted by atomic mass is 10.1. The molecule has 0 spiro atoms. The van der Waals surface area contributed by atoms with Crippen LogP contribution in [-0.2, 0) is 4.74 Å². The second-order valence-electron chi connectivity index (χ2n) is 4.58. The Kier molecular flexibility index (Phi) is 3.60. The first kappa shape index (κ1) is 10.2. The molecule has 1 N–H and O–H groups in total. The van der Waals surface area contributed by atoms with Crippen molar-refractivity contribution in [3.8, 4) is 0 Å². The van der Waals surface area contributed by atoms with Crippen molar-refractivity contribution in [2.45, 2.75) is 57.2 Å². The molecule has 0 aromatic heterocycles. The molecule has 0 aromatic carbocycles. The van der Waals surface area contributed by atoms with E-state index in [9.17, 15) is 0 Å². The summed E-state index contributed by atoms with van der Waals surface area (Å²) in [5, 5.41) is 3.66. The lowest BCUT2D eigenvalue weighted by Crippen LogP contribution is -2.36. The molecule has 0 aromatic rings. The molecule has 0 amide bonds. The molecule has 2 atom stereocenters. The molecule has 0 radical (unpaired) electrons. The maximum atomic E-state index is 5.63. The molecule has 2 rings (SSSR count). The van der Waals surface area contributed by atoms with Crippen LogP contribution >= 0.6 is 0 Å². The van der Waals surface area contributed by atoms with E-state index in [1.54, 1.807) is 0 Å². The van der Waals surface area contributed by atoms with Gasteiger partial charge in [0.1, 0.15) is 0 Å². The van der Waals surface area contributed by atoms with Crippen LogP contribution in [-0.4, -0.2) is 24.8 Å². The molecule has 0 saturated carbocycles. The van der Waals surface area contributed by atoms with Gasteiger partial charge in [-0.3, -0.25) is 0 Å². The maximum absolute atomic E-state index is 5.63. The zero-order valence-corrected chi connectivity index (χ0v) is 9.04. The molecular formula is C12H21NO. The fourth-order valence-corrected chi connectivity index (χ4v) is 2.45. The molecule has 0 bridgehead atoms. The van der Waals surface area contributed by atoms with Gasteiger partial charge < -0.3 is 10.1 Å². The highest BCUT2D eigenvalue weighted by molar-refractivity contribution is 4.98. The second kappa shape index (κ2) is 4.94. The van der Waals surface area contributed by atoms with Crippen molar-refractivity contribution in [3.05, 3.63) is 12.2 Å². The van der Waals surface area contributed by atoms with E-state index in [1.165, 1.54) is 32.1 Å². The van der Waals surface area contributed by atoms with E-state index in [0.717, 1.165) is 6.61 Å². The highest BCUT2D eigenvalue weighted by Gasteiger charge is 2.20. The molecule has 1 aliphatic heterocycles. The highest BCUT2D eigenvalue weighted by atomic mass is 16.5. The Hall–Kier alpha value is -0.340. The second-order valence-corrected chi connectivity index (χ2v) is 4.58. The van der Waals surface area contributed by atoms with Crippen LogP contribution in [0.1, 0.15) is 39.0 Å². The topological polar surface area (TPSA) is 21.3 Å². The summed E-state index contributed by atoms with van der Waals surface area (Å²) in [5.74, 6) is 0. The fraction of sp³-hybridized carbons (Fsp3) is 0.833. The van der Waals surface area contributed by atoms with Gasteiger partial charge in [0, 0.05) is 18.7 Å². The molecule has 2 unspecified atom stereocenters. The molecule has 1 heterocycles. The van der Waals surface area contributed by atoms with Crippen LogP contribution in [0.3, 0.4) is 0 Å². The van der Waals surface area contributed by atoms with Crippen LogP contribution in [0.25, 0.3) is 0 Å². The quantitative estimate of drug-likeness (QED) is 0.695. The maximum Gasteiger partial charge on any atom is 0.0590 e. The minimum absolute atomic E-state index is 0.520. The Balaban J connectivity index is 1.64. The average molecular weight is 195 g/mol. The van der Waals surface area contributed by atoms with Crippen LogP contribution in [0, 0.1) is 0 Å². The van der Waals surface area contributed by atoms with E-state index in [1.807, 2.05) is 0 Å².